The largest absolute Gasteiger partial charge is 0.459 e. The Morgan fingerprint density at radius 2 is 2.04 bits per heavy atom. The van der Waals surface area contributed by atoms with Gasteiger partial charge in [0.2, 0.25) is 10.0 Å². The topological polar surface area (TPSA) is 97.9 Å². The number of piperidine rings is 1. The molecule has 10 heteroatoms. The Labute approximate surface area is 157 Å². The van der Waals surface area contributed by atoms with E-state index in [-0.39, 0.29) is 10.8 Å². The van der Waals surface area contributed by atoms with E-state index in [1.807, 2.05) is 0 Å². The minimum absolute atomic E-state index is 0.159. The lowest BCUT2D eigenvalue weighted by Crippen LogP contribution is -2.58. The molecule has 2 saturated heterocycles. The summed E-state index contributed by atoms with van der Waals surface area (Å²) in [5.41, 5.74) is -0.512. The molecule has 2 aliphatic heterocycles. The van der Waals surface area contributed by atoms with Crippen molar-refractivity contribution < 1.29 is 22.4 Å². The van der Waals surface area contributed by atoms with Crippen molar-refractivity contribution in [1.29, 1.82) is 0 Å². The number of rotatable bonds is 3. The summed E-state index contributed by atoms with van der Waals surface area (Å²) in [6.07, 6.45) is 5.41. The molecule has 2 fully saturated rings. The number of aryl methyl sites for hydroxylation is 1. The molecule has 0 saturated carbocycles. The van der Waals surface area contributed by atoms with Crippen LogP contribution in [-0.4, -0.2) is 71.7 Å². The van der Waals surface area contributed by atoms with E-state index in [1.54, 1.807) is 24.1 Å². The molecule has 0 aromatic carbocycles. The molecule has 0 N–H and O–H groups in total. The van der Waals surface area contributed by atoms with E-state index in [1.165, 1.54) is 27.6 Å². The maximum Gasteiger partial charge on any atom is 0.289 e. The van der Waals surface area contributed by atoms with Gasteiger partial charge in [0.25, 0.3) is 5.91 Å². The van der Waals surface area contributed by atoms with Crippen LogP contribution in [0.4, 0.5) is 0 Å². The lowest BCUT2D eigenvalue weighted by Gasteiger charge is -2.46. The molecule has 2 aromatic heterocycles. The number of carbonyl (C=O) groups excluding carboxylic acids is 1. The molecule has 0 aliphatic carbocycles. The van der Waals surface area contributed by atoms with Gasteiger partial charge in [-0.25, -0.2) is 8.42 Å². The number of carbonyl (C=O) groups is 1. The Bertz CT molecular complexity index is 913. The first-order valence-corrected chi connectivity index (χ1v) is 10.3. The predicted octanol–water partition coefficient (Wildman–Crippen LogP) is 0.709. The molecule has 0 radical (unpaired) electrons. The van der Waals surface area contributed by atoms with Gasteiger partial charge < -0.3 is 14.1 Å². The zero-order valence-electron chi connectivity index (χ0n) is 15.1. The van der Waals surface area contributed by atoms with Gasteiger partial charge in [-0.05, 0) is 25.0 Å². The Hall–Kier alpha value is -2.17. The van der Waals surface area contributed by atoms with Gasteiger partial charge in [0.05, 0.1) is 31.2 Å². The van der Waals surface area contributed by atoms with E-state index in [9.17, 15) is 13.2 Å². The Balaban J connectivity index is 1.44. The summed E-state index contributed by atoms with van der Waals surface area (Å²) in [4.78, 5) is 14.5. The Morgan fingerprint density at radius 1 is 1.26 bits per heavy atom. The standard InChI is InChI=1S/C17H22N4O5S/c1-19-12-14(11-18-19)27(23,24)21-6-4-17(5-7-21)13-20(8-10-26-17)16(22)15-3-2-9-25-15/h2-3,9,11-12H,4-8,10,13H2,1H3. The zero-order chi connectivity index (χ0) is 19.1. The van der Waals surface area contributed by atoms with Crippen molar-refractivity contribution in [3.05, 3.63) is 36.5 Å². The van der Waals surface area contributed by atoms with Crippen molar-refractivity contribution in [3.63, 3.8) is 0 Å². The normalized spacial score (nSPS) is 20.9. The smallest absolute Gasteiger partial charge is 0.289 e. The molecule has 27 heavy (non-hydrogen) atoms. The van der Waals surface area contributed by atoms with Crippen LogP contribution in [0.2, 0.25) is 0 Å². The lowest BCUT2D eigenvalue weighted by atomic mass is 9.90. The first-order valence-electron chi connectivity index (χ1n) is 8.85. The number of hydrogen-bond donors (Lipinski definition) is 0. The predicted molar refractivity (Wildman–Crippen MR) is 94.5 cm³/mol. The molecular weight excluding hydrogens is 372 g/mol. The SMILES string of the molecule is Cn1cc(S(=O)(=O)N2CCC3(CC2)CN(C(=O)c2ccco2)CCO3)cn1. The van der Waals surface area contributed by atoms with Crippen LogP contribution in [0.25, 0.3) is 0 Å². The third-order valence-corrected chi connectivity index (χ3v) is 7.07. The fraction of sp³-hybridized carbons (Fsp3) is 0.529. The summed E-state index contributed by atoms with van der Waals surface area (Å²) in [7, 11) is -1.88. The second kappa shape index (κ2) is 6.77. The highest BCUT2D eigenvalue weighted by molar-refractivity contribution is 7.89. The van der Waals surface area contributed by atoms with Crippen molar-refractivity contribution in [2.24, 2.45) is 7.05 Å². The van der Waals surface area contributed by atoms with E-state index in [0.29, 0.717) is 51.4 Å². The third-order valence-electron chi connectivity index (χ3n) is 5.22. The summed E-state index contributed by atoms with van der Waals surface area (Å²) in [6.45, 7) is 2.06. The number of ether oxygens (including phenoxy) is 1. The quantitative estimate of drug-likeness (QED) is 0.760. The average Bonchev–Trinajstić information content (AvgIpc) is 3.33. The average molecular weight is 394 g/mol. The van der Waals surface area contributed by atoms with E-state index in [4.69, 9.17) is 9.15 Å². The van der Waals surface area contributed by atoms with Crippen LogP contribution < -0.4 is 0 Å². The van der Waals surface area contributed by atoms with Gasteiger partial charge in [-0.3, -0.25) is 9.48 Å². The van der Waals surface area contributed by atoms with Crippen LogP contribution in [0.5, 0.6) is 0 Å². The van der Waals surface area contributed by atoms with Crippen LogP contribution in [0.1, 0.15) is 23.4 Å². The molecule has 4 heterocycles. The number of aromatic nitrogens is 2. The first kappa shape index (κ1) is 18.2. The Morgan fingerprint density at radius 3 is 2.67 bits per heavy atom. The van der Waals surface area contributed by atoms with Crippen molar-refractivity contribution in [2.75, 3.05) is 32.8 Å². The lowest BCUT2D eigenvalue weighted by molar-refractivity contribution is -0.121. The summed E-state index contributed by atoms with van der Waals surface area (Å²) >= 11 is 0. The van der Waals surface area contributed by atoms with E-state index >= 15 is 0 Å². The monoisotopic (exact) mass is 394 g/mol. The van der Waals surface area contributed by atoms with Crippen molar-refractivity contribution in [2.45, 2.75) is 23.3 Å². The number of sulfonamides is 1. The Kier molecular flexibility index (Phi) is 4.57. The number of amides is 1. The molecule has 0 bridgehead atoms. The molecule has 2 aliphatic rings. The fourth-order valence-electron chi connectivity index (χ4n) is 3.69. The maximum atomic E-state index is 12.8. The highest BCUT2D eigenvalue weighted by Crippen LogP contribution is 2.33. The van der Waals surface area contributed by atoms with Crippen LogP contribution >= 0.6 is 0 Å². The number of hydrogen-bond acceptors (Lipinski definition) is 6. The molecule has 146 valence electrons. The van der Waals surface area contributed by atoms with Gasteiger partial charge in [-0.1, -0.05) is 0 Å². The fourth-order valence-corrected chi connectivity index (χ4v) is 5.12. The molecule has 4 rings (SSSR count). The minimum atomic E-state index is -3.56. The molecule has 0 unspecified atom stereocenters. The highest BCUT2D eigenvalue weighted by Gasteiger charge is 2.43. The highest BCUT2D eigenvalue weighted by atomic mass is 32.2. The molecule has 9 nitrogen and oxygen atoms in total. The van der Waals surface area contributed by atoms with Gasteiger partial charge in [-0.15, -0.1) is 0 Å². The van der Waals surface area contributed by atoms with Gasteiger partial charge in [-0.2, -0.15) is 9.40 Å². The minimum Gasteiger partial charge on any atom is -0.459 e. The number of morpholine rings is 1. The molecular formula is C17H22N4O5S. The summed E-state index contributed by atoms with van der Waals surface area (Å²) in [5, 5.41) is 3.95. The van der Waals surface area contributed by atoms with Crippen LogP contribution in [-0.2, 0) is 21.8 Å². The third kappa shape index (κ3) is 3.40. The number of nitrogens with zero attached hydrogens (tertiary/aromatic N) is 4. The van der Waals surface area contributed by atoms with Crippen LogP contribution in [0.3, 0.4) is 0 Å². The van der Waals surface area contributed by atoms with Crippen LogP contribution in [0.15, 0.2) is 40.1 Å². The summed E-state index contributed by atoms with van der Waals surface area (Å²) in [6, 6.07) is 3.33. The molecule has 0 atom stereocenters. The second-order valence-electron chi connectivity index (χ2n) is 6.99. The van der Waals surface area contributed by atoms with E-state index in [0.717, 1.165) is 0 Å². The van der Waals surface area contributed by atoms with E-state index < -0.39 is 15.6 Å². The van der Waals surface area contributed by atoms with E-state index in [2.05, 4.69) is 5.10 Å². The van der Waals surface area contributed by atoms with Gasteiger partial charge in [0.15, 0.2) is 5.76 Å². The first-order chi connectivity index (χ1) is 12.9. The number of furan rings is 1. The summed E-state index contributed by atoms with van der Waals surface area (Å²) in [5.74, 6) is 0.150. The van der Waals surface area contributed by atoms with Gasteiger partial charge >= 0.3 is 0 Å². The van der Waals surface area contributed by atoms with Crippen molar-refractivity contribution in [1.82, 2.24) is 19.0 Å². The summed E-state index contributed by atoms with van der Waals surface area (Å²) < 4.78 is 39.7. The second-order valence-corrected chi connectivity index (χ2v) is 8.93. The van der Waals surface area contributed by atoms with Crippen molar-refractivity contribution in [3.8, 4) is 0 Å². The van der Waals surface area contributed by atoms with Crippen LogP contribution in [0, 0.1) is 0 Å². The van der Waals surface area contributed by atoms with Crippen molar-refractivity contribution >= 4 is 15.9 Å². The zero-order valence-corrected chi connectivity index (χ0v) is 15.9. The molecule has 1 spiro atoms. The maximum absolute atomic E-state index is 12.8. The molecule has 1 amide bonds. The van der Waals surface area contributed by atoms with Gasteiger partial charge in [0.1, 0.15) is 4.90 Å². The van der Waals surface area contributed by atoms with Gasteiger partial charge in [0, 0.05) is 32.9 Å². The molecule has 2 aromatic rings.